The van der Waals surface area contributed by atoms with Gasteiger partial charge >= 0.3 is 0 Å². The number of hydrogen-bond acceptors (Lipinski definition) is 4. The molecule has 7 nitrogen and oxygen atoms in total. The van der Waals surface area contributed by atoms with Gasteiger partial charge in [-0.1, -0.05) is 29.8 Å². The first-order chi connectivity index (χ1) is 13.5. The molecule has 0 bridgehead atoms. The van der Waals surface area contributed by atoms with E-state index in [9.17, 15) is 4.79 Å². The summed E-state index contributed by atoms with van der Waals surface area (Å²) in [6.45, 7) is 4.89. The Kier molecular flexibility index (Phi) is 6.88. The standard InChI is InChI=1S/C19H25ClN6OS/c1-23(2)9-8-21-19(28)25-12-10-24(11-13-25)16-14-22-26(18(27)17(16)20)15-6-4-3-5-7-15/h3-7,14H,8-13H2,1-2H3,(H,21,28)/p+1. The molecule has 28 heavy (non-hydrogen) atoms. The van der Waals surface area contributed by atoms with Crippen LogP contribution in [-0.4, -0.2) is 73.2 Å². The Labute approximate surface area is 175 Å². The monoisotopic (exact) mass is 421 g/mol. The molecule has 0 unspecified atom stereocenters. The average molecular weight is 422 g/mol. The first kappa shape index (κ1) is 20.6. The number of likely N-dealkylation sites (N-methyl/N-ethyl adjacent to an activating group) is 1. The van der Waals surface area contributed by atoms with E-state index in [0.29, 0.717) is 11.4 Å². The molecule has 3 rings (SSSR count). The predicted molar refractivity (Wildman–Crippen MR) is 117 cm³/mol. The topological polar surface area (TPSA) is 57.8 Å². The maximum atomic E-state index is 12.7. The predicted octanol–water partition coefficient (Wildman–Crippen LogP) is 0.0269. The molecule has 0 aliphatic carbocycles. The second-order valence-electron chi connectivity index (χ2n) is 7.06. The number of rotatable bonds is 5. The minimum absolute atomic E-state index is 0.196. The highest BCUT2D eigenvalue weighted by Crippen LogP contribution is 2.23. The largest absolute Gasteiger partial charge is 0.365 e. The lowest BCUT2D eigenvalue weighted by Crippen LogP contribution is -3.06. The van der Waals surface area contributed by atoms with Gasteiger partial charge in [0.05, 0.1) is 44.8 Å². The van der Waals surface area contributed by atoms with E-state index in [0.717, 1.165) is 44.4 Å². The van der Waals surface area contributed by atoms with E-state index in [-0.39, 0.29) is 10.6 Å². The van der Waals surface area contributed by atoms with Gasteiger partial charge in [0, 0.05) is 26.2 Å². The van der Waals surface area contributed by atoms with Crippen LogP contribution in [-0.2, 0) is 0 Å². The van der Waals surface area contributed by atoms with E-state index in [2.05, 4.69) is 34.3 Å². The molecule has 0 spiro atoms. The lowest BCUT2D eigenvalue weighted by molar-refractivity contribution is -0.856. The van der Waals surface area contributed by atoms with Crippen molar-refractivity contribution in [1.82, 2.24) is 20.0 Å². The number of hydrogen-bond donors (Lipinski definition) is 2. The van der Waals surface area contributed by atoms with Gasteiger partial charge in [-0.3, -0.25) is 4.79 Å². The first-order valence-corrected chi connectivity index (χ1v) is 10.2. The lowest BCUT2D eigenvalue weighted by atomic mass is 10.3. The third kappa shape index (κ3) is 4.81. The number of quaternary nitrogens is 1. The molecule has 0 amide bonds. The molecular formula is C19H26ClN6OS+. The maximum Gasteiger partial charge on any atom is 0.292 e. The summed E-state index contributed by atoms with van der Waals surface area (Å²) < 4.78 is 1.33. The molecule has 1 fully saturated rings. The zero-order valence-electron chi connectivity index (χ0n) is 16.2. The number of para-hydroxylation sites is 1. The van der Waals surface area contributed by atoms with Crippen LogP contribution in [0.3, 0.4) is 0 Å². The molecule has 0 atom stereocenters. The van der Waals surface area contributed by atoms with Crippen LogP contribution in [0.25, 0.3) is 5.69 Å². The number of aromatic nitrogens is 2. The zero-order chi connectivity index (χ0) is 20.1. The third-order valence-electron chi connectivity index (χ3n) is 4.71. The van der Waals surface area contributed by atoms with Crippen molar-refractivity contribution in [1.29, 1.82) is 0 Å². The summed E-state index contributed by atoms with van der Waals surface area (Å²) in [7, 11) is 4.24. The van der Waals surface area contributed by atoms with E-state index in [1.807, 2.05) is 30.3 Å². The Balaban J connectivity index is 1.64. The normalized spacial score (nSPS) is 14.4. The molecule has 0 saturated carbocycles. The smallest absolute Gasteiger partial charge is 0.292 e. The van der Waals surface area contributed by atoms with Crippen LogP contribution in [0.1, 0.15) is 0 Å². The van der Waals surface area contributed by atoms with Crippen molar-refractivity contribution in [2.45, 2.75) is 0 Å². The number of nitrogens with one attached hydrogen (secondary N) is 2. The molecule has 1 aliphatic heterocycles. The second-order valence-corrected chi connectivity index (χ2v) is 7.82. The van der Waals surface area contributed by atoms with E-state index in [4.69, 9.17) is 23.8 Å². The average Bonchev–Trinajstić information content (AvgIpc) is 2.70. The highest BCUT2D eigenvalue weighted by molar-refractivity contribution is 7.80. The molecule has 2 N–H and O–H groups in total. The minimum atomic E-state index is -0.309. The van der Waals surface area contributed by atoms with Crippen molar-refractivity contribution in [3.63, 3.8) is 0 Å². The van der Waals surface area contributed by atoms with Crippen molar-refractivity contribution < 1.29 is 4.90 Å². The molecule has 0 radical (unpaired) electrons. The van der Waals surface area contributed by atoms with Crippen LogP contribution in [0.2, 0.25) is 5.02 Å². The highest BCUT2D eigenvalue weighted by Gasteiger charge is 2.22. The van der Waals surface area contributed by atoms with Gasteiger partial charge in [-0.15, -0.1) is 0 Å². The molecule has 1 aliphatic rings. The van der Waals surface area contributed by atoms with E-state index < -0.39 is 0 Å². The molecule has 2 aromatic rings. The van der Waals surface area contributed by atoms with E-state index in [1.54, 1.807) is 6.20 Å². The summed E-state index contributed by atoms with van der Waals surface area (Å²) in [6.07, 6.45) is 1.67. The number of benzene rings is 1. The van der Waals surface area contributed by atoms with Gasteiger partial charge in [-0.05, 0) is 24.4 Å². The quantitative estimate of drug-likeness (QED) is 0.664. The van der Waals surface area contributed by atoms with Gasteiger partial charge < -0.3 is 20.0 Å². The Morgan fingerprint density at radius 2 is 1.89 bits per heavy atom. The number of thiocarbonyl (C=S) groups is 1. The molecular weight excluding hydrogens is 396 g/mol. The summed E-state index contributed by atoms with van der Waals surface area (Å²) in [5.41, 5.74) is 1.06. The van der Waals surface area contributed by atoms with E-state index in [1.165, 1.54) is 9.58 Å². The van der Waals surface area contributed by atoms with Crippen LogP contribution in [0.15, 0.2) is 41.3 Å². The zero-order valence-corrected chi connectivity index (χ0v) is 17.8. The van der Waals surface area contributed by atoms with Crippen molar-refractivity contribution in [2.24, 2.45) is 0 Å². The molecule has 9 heteroatoms. The Morgan fingerprint density at radius 3 is 2.54 bits per heavy atom. The molecule has 2 heterocycles. The second kappa shape index (κ2) is 9.36. The number of halogens is 1. The van der Waals surface area contributed by atoms with Gasteiger partial charge in [0.1, 0.15) is 5.02 Å². The fraction of sp³-hybridized carbons (Fsp3) is 0.421. The van der Waals surface area contributed by atoms with Gasteiger partial charge in [0.15, 0.2) is 5.11 Å². The molecule has 1 aromatic heterocycles. The van der Waals surface area contributed by atoms with Gasteiger partial charge in [-0.2, -0.15) is 9.78 Å². The Bertz CT molecular complexity index is 864. The van der Waals surface area contributed by atoms with Crippen LogP contribution >= 0.6 is 23.8 Å². The molecule has 1 saturated heterocycles. The van der Waals surface area contributed by atoms with Crippen LogP contribution in [0.5, 0.6) is 0 Å². The fourth-order valence-corrected chi connectivity index (χ4v) is 3.61. The molecule has 150 valence electrons. The van der Waals surface area contributed by atoms with Crippen molar-refractivity contribution in [3.8, 4) is 5.69 Å². The van der Waals surface area contributed by atoms with Gasteiger partial charge in [-0.25, -0.2) is 0 Å². The number of piperazine rings is 1. The van der Waals surface area contributed by atoms with Gasteiger partial charge in [0.25, 0.3) is 5.56 Å². The first-order valence-electron chi connectivity index (χ1n) is 9.37. The number of anilines is 1. The third-order valence-corrected chi connectivity index (χ3v) is 5.47. The fourth-order valence-electron chi connectivity index (χ4n) is 3.08. The van der Waals surface area contributed by atoms with Gasteiger partial charge in [0.2, 0.25) is 0 Å². The van der Waals surface area contributed by atoms with Crippen LogP contribution in [0.4, 0.5) is 5.69 Å². The summed E-state index contributed by atoms with van der Waals surface area (Å²) in [5, 5.41) is 8.61. The van der Waals surface area contributed by atoms with Crippen LogP contribution < -0.4 is 20.7 Å². The van der Waals surface area contributed by atoms with Crippen LogP contribution in [0, 0.1) is 0 Å². The van der Waals surface area contributed by atoms with Crippen molar-refractivity contribution >= 4 is 34.6 Å². The molecule has 1 aromatic carbocycles. The summed E-state index contributed by atoms with van der Waals surface area (Å²) in [6, 6.07) is 9.28. The summed E-state index contributed by atoms with van der Waals surface area (Å²) >= 11 is 11.9. The number of nitrogens with zero attached hydrogens (tertiary/aromatic N) is 4. The Morgan fingerprint density at radius 1 is 1.21 bits per heavy atom. The van der Waals surface area contributed by atoms with E-state index >= 15 is 0 Å². The Hall–Kier alpha value is -2.16. The van der Waals surface area contributed by atoms with Crippen molar-refractivity contribution in [3.05, 3.63) is 51.9 Å². The highest BCUT2D eigenvalue weighted by atomic mass is 35.5. The maximum absolute atomic E-state index is 12.7. The summed E-state index contributed by atoms with van der Waals surface area (Å²) in [5.74, 6) is 0. The minimum Gasteiger partial charge on any atom is -0.365 e. The SMILES string of the molecule is C[NH+](C)CCNC(=S)N1CCN(c2cnn(-c3ccccc3)c(=O)c2Cl)CC1. The summed E-state index contributed by atoms with van der Waals surface area (Å²) in [4.78, 5) is 18.3. The van der Waals surface area contributed by atoms with Crippen molar-refractivity contribution in [2.75, 3.05) is 58.3 Å². The lowest BCUT2D eigenvalue weighted by Gasteiger charge is -2.37.